The van der Waals surface area contributed by atoms with Crippen molar-refractivity contribution in [3.63, 3.8) is 0 Å². The summed E-state index contributed by atoms with van der Waals surface area (Å²) < 4.78 is 5.58. The first kappa shape index (κ1) is 20.3. The van der Waals surface area contributed by atoms with Gasteiger partial charge in [0.05, 0.1) is 58.1 Å². The summed E-state index contributed by atoms with van der Waals surface area (Å²) in [7, 11) is 1.77. The minimum absolute atomic E-state index is 0.830. The lowest BCUT2D eigenvalue weighted by molar-refractivity contribution is -0.963. The summed E-state index contributed by atoms with van der Waals surface area (Å²) in [5, 5.41) is 2.80. The maximum Gasteiger partial charge on any atom is 0.142 e. The zero-order valence-corrected chi connectivity index (χ0v) is 18.6. The normalized spacial score (nSPS) is 22.5. The lowest BCUT2D eigenvalue weighted by Gasteiger charge is -2.40. The Bertz CT molecular complexity index is 999. The van der Waals surface area contributed by atoms with E-state index >= 15 is 0 Å². The number of nitrogens with zero attached hydrogens (tertiary/aromatic N) is 1. The number of hydrogen-bond acceptors (Lipinski definition) is 2. The third-order valence-corrected chi connectivity index (χ3v) is 7.42. The van der Waals surface area contributed by atoms with E-state index in [2.05, 4.69) is 71.6 Å². The molecule has 162 valence electrons. The van der Waals surface area contributed by atoms with E-state index in [9.17, 15) is 0 Å². The van der Waals surface area contributed by atoms with Crippen LogP contribution in [0, 0.1) is 0 Å². The number of anilines is 1. The molecule has 0 aromatic heterocycles. The topological polar surface area (TPSA) is 21.4 Å². The molecule has 3 aromatic rings. The van der Waals surface area contributed by atoms with Gasteiger partial charge in [0.25, 0.3) is 0 Å². The average molecular weight is 418 g/mol. The SMILES string of the molecule is COc1ccccc1N1CC[NH+](C2CC[NH+](Cc3cccc4ccccc34)CC2)CC1. The van der Waals surface area contributed by atoms with Crippen LogP contribution in [-0.4, -0.2) is 52.4 Å². The molecule has 2 N–H and O–H groups in total. The van der Waals surface area contributed by atoms with Crippen molar-refractivity contribution >= 4 is 16.5 Å². The Hall–Kier alpha value is -2.56. The summed E-state index contributed by atoms with van der Waals surface area (Å²) in [5.41, 5.74) is 2.75. The van der Waals surface area contributed by atoms with Gasteiger partial charge in [0.2, 0.25) is 0 Å². The van der Waals surface area contributed by atoms with Crippen LogP contribution in [0.25, 0.3) is 10.8 Å². The molecule has 0 aliphatic carbocycles. The number of ether oxygens (including phenoxy) is 1. The van der Waals surface area contributed by atoms with E-state index in [1.165, 1.54) is 61.0 Å². The molecule has 4 nitrogen and oxygen atoms in total. The lowest BCUT2D eigenvalue weighted by Crippen LogP contribution is -3.21. The average Bonchev–Trinajstić information content (AvgIpc) is 2.85. The molecule has 4 heteroatoms. The van der Waals surface area contributed by atoms with Gasteiger partial charge in [-0.2, -0.15) is 0 Å². The van der Waals surface area contributed by atoms with Crippen molar-refractivity contribution < 1.29 is 14.5 Å². The van der Waals surface area contributed by atoms with Crippen LogP contribution in [0.15, 0.2) is 66.7 Å². The molecule has 0 saturated carbocycles. The highest BCUT2D eigenvalue weighted by molar-refractivity contribution is 5.85. The second-order valence-corrected chi connectivity index (χ2v) is 9.16. The molecule has 0 spiro atoms. The number of likely N-dealkylation sites (tertiary alicyclic amines) is 1. The molecule has 0 bridgehead atoms. The van der Waals surface area contributed by atoms with Gasteiger partial charge in [0.15, 0.2) is 0 Å². The van der Waals surface area contributed by atoms with Crippen molar-refractivity contribution in [1.82, 2.24) is 0 Å². The molecule has 0 atom stereocenters. The zero-order chi connectivity index (χ0) is 21.0. The maximum absolute atomic E-state index is 5.58. The van der Waals surface area contributed by atoms with E-state index in [-0.39, 0.29) is 0 Å². The summed E-state index contributed by atoms with van der Waals surface area (Å²) in [6, 6.07) is 24.9. The Morgan fingerprint density at radius 3 is 2.35 bits per heavy atom. The first-order chi connectivity index (χ1) is 15.3. The molecule has 2 saturated heterocycles. The lowest BCUT2D eigenvalue weighted by atomic mass is 10.00. The fourth-order valence-electron chi connectivity index (χ4n) is 5.66. The number of benzene rings is 3. The van der Waals surface area contributed by atoms with Crippen LogP contribution < -0.4 is 19.4 Å². The second-order valence-electron chi connectivity index (χ2n) is 9.16. The van der Waals surface area contributed by atoms with Crippen molar-refractivity contribution in [2.75, 3.05) is 51.3 Å². The molecule has 0 amide bonds. The monoisotopic (exact) mass is 417 g/mol. The quantitative estimate of drug-likeness (QED) is 0.661. The molecule has 2 heterocycles. The summed E-state index contributed by atoms with van der Waals surface area (Å²) >= 11 is 0. The number of piperidine rings is 1. The van der Waals surface area contributed by atoms with Gasteiger partial charge in [-0.05, 0) is 22.9 Å². The van der Waals surface area contributed by atoms with E-state index in [0.29, 0.717) is 0 Å². The van der Waals surface area contributed by atoms with Crippen molar-refractivity contribution in [1.29, 1.82) is 0 Å². The highest BCUT2D eigenvalue weighted by Crippen LogP contribution is 2.27. The molecule has 0 unspecified atom stereocenters. The van der Waals surface area contributed by atoms with E-state index in [4.69, 9.17) is 4.74 Å². The molecule has 2 aliphatic heterocycles. The van der Waals surface area contributed by atoms with Crippen LogP contribution in [0.2, 0.25) is 0 Å². The molecule has 31 heavy (non-hydrogen) atoms. The Labute approximate surface area is 186 Å². The maximum atomic E-state index is 5.58. The van der Waals surface area contributed by atoms with Gasteiger partial charge in [0.1, 0.15) is 12.3 Å². The largest absolute Gasteiger partial charge is 0.495 e. The number of rotatable bonds is 5. The van der Waals surface area contributed by atoms with Crippen LogP contribution in [0.5, 0.6) is 5.75 Å². The van der Waals surface area contributed by atoms with Crippen molar-refractivity contribution in [2.45, 2.75) is 25.4 Å². The smallest absolute Gasteiger partial charge is 0.142 e. The summed E-state index contributed by atoms with van der Waals surface area (Å²) in [6.45, 7) is 8.48. The third-order valence-electron chi connectivity index (χ3n) is 7.42. The van der Waals surface area contributed by atoms with Crippen LogP contribution >= 0.6 is 0 Å². The number of methoxy groups -OCH3 is 1. The predicted octanol–water partition coefficient (Wildman–Crippen LogP) is 1.80. The third kappa shape index (κ3) is 4.41. The predicted molar refractivity (Wildman–Crippen MR) is 127 cm³/mol. The molecule has 0 radical (unpaired) electrons. The molecule has 2 aliphatic rings. The number of quaternary nitrogens is 2. The van der Waals surface area contributed by atoms with E-state index in [0.717, 1.165) is 31.4 Å². The highest BCUT2D eigenvalue weighted by atomic mass is 16.5. The van der Waals surface area contributed by atoms with Gasteiger partial charge in [-0.3, -0.25) is 0 Å². The summed E-state index contributed by atoms with van der Waals surface area (Å²) in [4.78, 5) is 6.07. The Morgan fingerprint density at radius 2 is 1.55 bits per heavy atom. The standard InChI is InChI=1S/C27H33N3O/c1-31-27-12-5-4-11-26(27)30-19-17-29(18-20-30)24-13-15-28(16-14-24)21-23-9-6-8-22-7-2-3-10-25(22)23/h2-12,24H,13-21H2,1H3/p+2. The van der Waals surface area contributed by atoms with Crippen LogP contribution in [0.1, 0.15) is 18.4 Å². The minimum Gasteiger partial charge on any atom is -0.495 e. The summed E-state index contributed by atoms with van der Waals surface area (Å²) in [5.74, 6) is 0.997. The minimum atomic E-state index is 0.830. The number of para-hydroxylation sites is 2. The Balaban J connectivity index is 1.15. The summed E-state index contributed by atoms with van der Waals surface area (Å²) in [6.07, 6.45) is 2.70. The van der Waals surface area contributed by atoms with E-state index in [1.54, 1.807) is 12.0 Å². The second kappa shape index (κ2) is 9.29. The first-order valence-electron chi connectivity index (χ1n) is 11.8. The molecular weight excluding hydrogens is 382 g/mol. The van der Waals surface area contributed by atoms with Gasteiger partial charge in [-0.25, -0.2) is 0 Å². The van der Waals surface area contributed by atoms with E-state index in [1.807, 2.05) is 4.90 Å². The van der Waals surface area contributed by atoms with Gasteiger partial charge >= 0.3 is 0 Å². The highest BCUT2D eigenvalue weighted by Gasteiger charge is 2.32. The van der Waals surface area contributed by atoms with Crippen LogP contribution in [0.4, 0.5) is 5.69 Å². The van der Waals surface area contributed by atoms with Crippen LogP contribution in [0.3, 0.4) is 0 Å². The van der Waals surface area contributed by atoms with Gasteiger partial charge in [-0.1, -0.05) is 54.6 Å². The fraction of sp³-hybridized carbons (Fsp3) is 0.407. The van der Waals surface area contributed by atoms with Crippen molar-refractivity contribution in [3.05, 3.63) is 72.3 Å². The number of hydrogen-bond donors (Lipinski definition) is 2. The molecule has 5 rings (SSSR count). The number of piperazine rings is 1. The van der Waals surface area contributed by atoms with Crippen LogP contribution in [-0.2, 0) is 6.54 Å². The fourth-order valence-corrected chi connectivity index (χ4v) is 5.66. The van der Waals surface area contributed by atoms with Gasteiger partial charge < -0.3 is 19.4 Å². The number of fused-ring (bicyclic) bond motifs is 1. The Morgan fingerprint density at radius 1 is 0.839 bits per heavy atom. The Kier molecular flexibility index (Phi) is 6.10. The van der Waals surface area contributed by atoms with Crippen molar-refractivity contribution in [2.24, 2.45) is 0 Å². The van der Waals surface area contributed by atoms with Gasteiger partial charge in [-0.15, -0.1) is 0 Å². The van der Waals surface area contributed by atoms with Crippen molar-refractivity contribution in [3.8, 4) is 5.75 Å². The van der Waals surface area contributed by atoms with E-state index < -0.39 is 0 Å². The molecular formula is C27H35N3O+2. The number of nitrogens with one attached hydrogen (secondary N) is 2. The zero-order valence-electron chi connectivity index (χ0n) is 18.6. The molecule has 3 aromatic carbocycles. The molecule has 2 fully saturated rings. The van der Waals surface area contributed by atoms with Gasteiger partial charge in [0, 0.05) is 18.4 Å². The first-order valence-corrected chi connectivity index (χ1v) is 11.8.